The first-order valence-electron chi connectivity index (χ1n) is 7.73. The van der Waals surface area contributed by atoms with Crippen molar-refractivity contribution in [2.45, 2.75) is 78.3 Å². The highest BCUT2D eigenvalue weighted by Crippen LogP contribution is 2.34. The summed E-state index contributed by atoms with van der Waals surface area (Å²) >= 11 is 0. The van der Waals surface area contributed by atoms with Crippen molar-refractivity contribution in [1.29, 1.82) is 0 Å². The molecule has 0 saturated heterocycles. The number of nitrogens with one attached hydrogen (secondary N) is 1. The topological polar surface area (TPSA) is 38.3 Å². The van der Waals surface area contributed by atoms with Crippen molar-refractivity contribution < 1.29 is 9.53 Å². The molecule has 0 aromatic carbocycles. The van der Waals surface area contributed by atoms with Gasteiger partial charge in [0.25, 0.3) is 0 Å². The zero-order valence-corrected chi connectivity index (χ0v) is 13.3. The minimum absolute atomic E-state index is 0.113. The zero-order valence-electron chi connectivity index (χ0n) is 13.3. The van der Waals surface area contributed by atoms with E-state index in [4.69, 9.17) is 4.74 Å². The van der Waals surface area contributed by atoms with Gasteiger partial charge in [-0.05, 0) is 37.0 Å². The second-order valence-electron chi connectivity index (χ2n) is 6.85. The summed E-state index contributed by atoms with van der Waals surface area (Å²) in [6.45, 7) is 8.94. The number of esters is 1. The van der Waals surface area contributed by atoms with Gasteiger partial charge in [0.1, 0.15) is 6.04 Å². The standard InChI is InChI=1S/C16H31NO2/c1-6-12(2)14(15(18)19-5)17-13-8-7-10-16(3,4)11-9-13/h12-14,17H,6-11H2,1-5H3. The molecule has 3 nitrogen and oxygen atoms in total. The number of ether oxygens (including phenoxy) is 1. The molecule has 1 rings (SSSR count). The van der Waals surface area contributed by atoms with Crippen LogP contribution in [0.4, 0.5) is 0 Å². The van der Waals surface area contributed by atoms with E-state index in [0.29, 0.717) is 17.4 Å². The van der Waals surface area contributed by atoms with E-state index >= 15 is 0 Å². The van der Waals surface area contributed by atoms with Gasteiger partial charge in [-0.25, -0.2) is 0 Å². The minimum Gasteiger partial charge on any atom is -0.468 e. The summed E-state index contributed by atoms with van der Waals surface area (Å²) in [7, 11) is 1.48. The average Bonchev–Trinajstić information content (AvgIpc) is 2.55. The van der Waals surface area contributed by atoms with Gasteiger partial charge < -0.3 is 10.1 Å². The van der Waals surface area contributed by atoms with Crippen LogP contribution >= 0.6 is 0 Å². The quantitative estimate of drug-likeness (QED) is 0.613. The van der Waals surface area contributed by atoms with E-state index in [1.54, 1.807) is 0 Å². The van der Waals surface area contributed by atoms with E-state index in [1.807, 2.05) is 0 Å². The summed E-state index contributed by atoms with van der Waals surface area (Å²) in [6, 6.07) is 0.307. The third-order valence-corrected chi connectivity index (χ3v) is 4.66. The summed E-state index contributed by atoms with van der Waals surface area (Å²) in [4.78, 5) is 11.9. The fourth-order valence-corrected chi connectivity index (χ4v) is 2.91. The molecule has 0 spiro atoms. The van der Waals surface area contributed by atoms with E-state index in [0.717, 1.165) is 12.8 Å². The molecule has 1 fully saturated rings. The van der Waals surface area contributed by atoms with E-state index in [1.165, 1.54) is 32.8 Å². The molecule has 112 valence electrons. The van der Waals surface area contributed by atoms with Crippen molar-refractivity contribution in [3.05, 3.63) is 0 Å². The third-order valence-electron chi connectivity index (χ3n) is 4.66. The smallest absolute Gasteiger partial charge is 0.323 e. The highest BCUT2D eigenvalue weighted by molar-refractivity contribution is 5.76. The van der Waals surface area contributed by atoms with Gasteiger partial charge in [0, 0.05) is 6.04 Å². The largest absolute Gasteiger partial charge is 0.468 e. The van der Waals surface area contributed by atoms with Crippen molar-refractivity contribution in [3.8, 4) is 0 Å². The van der Waals surface area contributed by atoms with Crippen LogP contribution in [0.2, 0.25) is 0 Å². The number of hydrogen-bond acceptors (Lipinski definition) is 3. The van der Waals surface area contributed by atoms with Gasteiger partial charge in [-0.15, -0.1) is 0 Å². The first-order chi connectivity index (χ1) is 8.89. The van der Waals surface area contributed by atoms with Crippen LogP contribution in [0.15, 0.2) is 0 Å². The SMILES string of the molecule is CCC(C)C(NC1CCCC(C)(C)CC1)C(=O)OC. The lowest BCUT2D eigenvalue weighted by Gasteiger charge is -2.27. The van der Waals surface area contributed by atoms with Crippen molar-refractivity contribution in [3.63, 3.8) is 0 Å². The molecule has 19 heavy (non-hydrogen) atoms. The Kier molecular flexibility index (Phi) is 6.31. The Morgan fingerprint density at radius 3 is 2.63 bits per heavy atom. The number of carbonyl (C=O) groups excluding carboxylic acids is 1. The summed E-state index contributed by atoms with van der Waals surface area (Å²) in [6.07, 6.45) is 7.10. The second kappa shape index (κ2) is 7.28. The first-order valence-corrected chi connectivity index (χ1v) is 7.73. The highest BCUT2D eigenvalue weighted by Gasteiger charge is 2.30. The Labute approximate surface area is 118 Å². The van der Waals surface area contributed by atoms with E-state index < -0.39 is 0 Å². The maximum absolute atomic E-state index is 11.9. The van der Waals surface area contributed by atoms with Gasteiger partial charge in [-0.3, -0.25) is 4.79 Å². The number of carbonyl (C=O) groups is 1. The Morgan fingerprint density at radius 1 is 1.37 bits per heavy atom. The van der Waals surface area contributed by atoms with Crippen LogP contribution in [0.25, 0.3) is 0 Å². The molecule has 0 bridgehead atoms. The van der Waals surface area contributed by atoms with Crippen LogP contribution in [0.5, 0.6) is 0 Å². The zero-order chi connectivity index (χ0) is 14.5. The van der Waals surface area contributed by atoms with Crippen LogP contribution in [-0.4, -0.2) is 25.2 Å². The Balaban J connectivity index is 2.61. The molecule has 0 amide bonds. The predicted octanol–water partition coefficient (Wildman–Crippen LogP) is 3.52. The highest BCUT2D eigenvalue weighted by atomic mass is 16.5. The number of hydrogen-bond donors (Lipinski definition) is 1. The average molecular weight is 269 g/mol. The maximum Gasteiger partial charge on any atom is 0.323 e. The molecule has 1 aliphatic rings. The molecule has 0 aromatic heterocycles. The normalized spacial score (nSPS) is 26.3. The van der Waals surface area contributed by atoms with Gasteiger partial charge in [0.05, 0.1) is 7.11 Å². The second-order valence-corrected chi connectivity index (χ2v) is 6.85. The Hall–Kier alpha value is -0.570. The fourth-order valence-electron chi connectivity index (χ4n) is 2.91. The monoisotopic (exact) mass is 269 g/mol. The number of methoxy groups -OCH3 is 1. The lowest BCUT2D eigenvalue weighted by atomic mass is 9.85. The van der Waals surface area contributed by atoms with Gasteiger partial charge in [0.2, 0.25) is 0 Å². The molecule has 0 radical (unpaired) electrons. The molecule has 1 aliphatic carbocycles. The molecule has 3 heteroatoms. The van der Waals surface area contributed by atoms with Crippen LogP contribution in [0.3, 0.4) is 0 Å². The summed E-state index contributed by atoms with van der Waals surface area (Å²) < 4.78 is 4.95. The van der Waals surface area contributed by atoms with Crippen LogP contribution < -0.4 is 5.32 Å². The van der Waals surface area contributed by atoms with E-state index in [2.05, 4.69) is 33.0 Å². The number of rotatable bonds is 5. The summed E-state index contributed by atoms with van der Waals surface area (Å²) in [5.74, 6) is 0.210. The van der Waals surface area contributed by atoms with Crippen molar-refractivity contribution >= 4 is 5.97 Å². The molecule has 1 N–H and O–H groups in total. The fraction of sp³-hybridized carbons (Fsp3) is 0.938. The van der Waals surface area contributed by atoms with Gasteiger partial charge in [-0.1, -0.05) is 40.5 Å². The third kappa shape index (κ3) is 5.13. The van der Waals surface area contributed by atoms with Crippen LogP contribution in [-0.2, 0) is 9.53 Å². The lowest BCUT2D eigenvalue weighted by molar-refractivity contribution is -0.144. The maximum atomic E-state index is 11.9. The Morgan fingerprint density at radius 2 is 2.05 bits per heavy atom. The minimum atomic E-state index is -0.152. The Bertz CT molecular complexity index is 288. The molecule has 1 saturated carbocycles. The molecule has 0 heterocycles. The van der Waals surface area contributed by atoms with E-state index in [9.17, 15) is 4.79 Å². The molecule has 0 aliphatic heterocycles. The van der Waals surface area contributed by atoms with Crippen LogP contribution in [0.1, 0.15) is 66.2 Å². The van der Waals surface area contributed by atoms with Gasteiger partial charge >= 0.3 is 5.97 Å². The molecule has 3 atom stereocenters. The van der Waals surface area contributed by atoms with E-state index in [-0.39, 0.29) is 12.0 Å². The first kappa shape index (κ1) is 16.5. The predicted molar refractivity (Wildman–Crippen MR) is 79.0 cm³/mol. The lowest BCUT2D eigenvalue weighted by Crippen LogP contribution is -2.47. The molecular weight excluding hydrogens is 238 g/mol. The van der Waals surface area contributed by atoms with Gasteiger partial charge in [-0.2, -0.15) is 0 Å². The van der Waals surface area contributed by atoms with Gasteiger partial charge in [0.15, 0.2) is 0 Å². The molecular formula is C16H31NO2. The molecule has 0 aromatic rings. The van der Waals surface area contributed by atoms with Crippen molar-refractivity contribution in [1.82, 2.24) is 5.32 Å². The molecule has 3 unspecified atom stereocenters. The summed E-state index contributed by atoms with van der Waals surface area (Å²) in [5.41, 5.74) is 0.452. The summed E-state index contributed by atoms with van der Waals surface area (Å²) in [5, 5.41) is 3.56. The van der Waals surface area contributed by atoms with Crippen molar-refractivity contribution in [2.75, 3.05) is 7.11 Å². The van der Waals surface area contributed by atoms with Crippen molar-refractivity contribution in [2.24, 2.45) is 11.3 Å². The van der Waals surface area contributed by atoms with Crippen LogP contribution in [0, 0.1) is 11.3 Å².